The Hall–Kier alpha value is -2.09. The van der Waals surface area contributed by atoms with Crippen molar-refractivity contribution < 1.29 is 0 Å². The van der Waals surface area contributed by atoms with E-state index in [4.69, 9.17) is 5.10 Å². The summed E-state index contributed by atoms with van der Waals surface area (Å²) in [6, 6.07) is 9.51. The van der Waals surface area contributed by atoms with Crippen molar-refractivity contribution in [1.82, 2.24) is 24.7 Å². The number of benzene rings is 1. The number of aromatic nitrogens is 5. The molecule has 2 fully saturated rings. The Balaban J connectivity index is 1.29. The average molecular weight is 597 g/mol. The second kappa shape index (κ2) is 9.52. The van der Waals surface area contributed by atoms with Crippen LogP contribution >= 0.6 is 39.8 Å². The Morgan fingerprint density at radius 2 is 1.88 bits per heavy atom. The third-order valence-corrected chi connectivity index (χ3v) is 9.63. The van der Waals surface area contributed by atoms with Crippen LogP contribution in [-0.2, 0) is 0 Å². The Kier molecular flexibility index (Phi) is 6.27. The average Bonchev–Trinajstić information content (AvgIpc) is 3.39. The van der Waals surface area contributed by atoms with Gasteiger partial charge in [0.2, 0.25) is 0 Å². The van der Waals surface area contributed by atoms with Gasteiger partial charge in [-0.3, -0.25) is 0 Å². The number of hydrogen-bond donors (Lipinski definition) is 0. The summed E-state index contributed by atoms with van der Waals surface area (Å²) in [6.07, 6.45) is 11.1. The highest BCUT2D eigenvalue weighted by molar-refractivity contribution is 14.2. The molecule has 34 heavy (non-hydrogen) atoms. The molecule has 1 saturated carbocycles. The molecule has 1 aromatic carbocycles. The number of thiazole rings is 1. The topological polar surface area (TPSA) is 83.5 Å². The van der Waals surface area contributed by atoms with E-state index in [9.17, 15) is 5.26 Å². The van der Waals surface area contributed by atoms with Crippen LogP contribution in [0, 0.1) is 11.2 Å². The van der Waals surface area contributed by atoms with E-state index in [0.29, 0.717) is 18.5 Å². The van der Waals surface area contributed by atoms with Crippen molar-refractivity contribution in [3.63, 3.8) is 0 Å². The van der Waals surface area contributed by atoms with Crippen LogP contribution in [0.2, 0.25) is 12.6 Å². The van der Waals surface area contributed by atoms with Gasteiger partial charge in [0.05, 0.1) is 34.0 Å². The predicted molar refractivity (Wildman–Crippen MR) is 149 cm³/mol. The zero-order chi connectivity index (χ0) is 23.1. The second-order valence-corrected chi connectivity index (χ2v) is 11.9. The second-order valence-electron chi connectivity index (χ2n) is 9.00. The standard InChI is InChI=1S/C23H22BIN7PS/c25-33-31-12-15(11-28-31)18-3-4-19(23-22(18)27-14-34-23)20-5-6-21(30-29-20)32(16-1-2-16)17-7-9-24(13-26)10-8-17/h3-6,11-12,14,16-17,33H,1-2,7-10H2. The molecule has 1 unspecified atom stereocenters. The van der Waals surface area contributed by atoms with E-state index in [1.807, 2.05) is 16.2 Å². The first-order valence-electron chi connectivity index (χ1n) is 11.5. The van der Waals surface area contributed by atoms with E-state index >= 15 is 0 Å². The van der Waals surface area contributed by atoms with Crippen molar-refractivity contribution in [2.75, 3.05) is 4.90 Å². The van der Waals surface area contributed by atoms with E-state index in [0.717, 1.165) is 63.9 Å². The summed E-state index contributed by atoms with van der Waals surface area (Å²) in [5, 5.41) is 23.1. The van der Waals surface area contributed by atoms with Crippen LogP contribution in [0.4, 0.5) is 5.82 Å². The molecule has 1 aliphatic carbocycles. The molecule has 11 heteroatoms. The molecule has 170 valence electrons. The van der Waals surface area contributed by atoms with Gasteiger partial charge in [0, 0.05) is 40.9 Å². The molecule has 6 rings (SSSR count). The van der Waals surface area contributed by atoms with Gasteiger partial charge in [-0.25, -0.2) is 14.7 Å². The smallest absolute Gasteiger partial charge is 0.268 e. The first-order valence-corrected chi connectivity index (χ1v) is 16.5. The fourth-order valence-corrected chi connectivity index (χ4v) is 6.93. The van der Waals surface area contributed by atoms with Crippen LogP contribution in [0.1, 0.15) is 25.7 Å². The van der Waals surface area contributed by atoms with Crippen molar-refractivity contribution in [2.24, 2.45) is 0 Å². The number of hydrogen-bond acceptors (Lipinski definition) is 7. The molecule has 0 amide bonds. The number of halogens is 1. The SMILES string of the molecule is N#CB1CCC(N(c2ccc(-c3ccc(-c4cnn(PI)c4)c4ncsc34)nn2)C2CC2)CC1. The maximum Gasteiger partial charge on any atom is 0.268 e. The van der Waals surface area contributed by atoms with Gasteiger partial charge >= 0.3 is 0 Å². The lowest BCUT2D eigenvalue weighted by molar-refractivity contribution is 0.527. The maximum atomic E-state index is 9.25. The number of anilines is 1. The monoisotopic (exact) mass is 597 g/mol. The summed E-state index contributed by atoms with van der Waals surface area (Å²) >= 11 is 3.97. The number of nitrogens with zero attached hydrogens (tertiary/aromatic N) is 7. The number of rotatable bonds is 6. The molecule has 1 aliphatic heterocycles. The summed E-state index contributed by atoms with van der Waals surface area (Å²) < 4.78 is 3.07. The molecule has 0 bridgehead atoms. The van der Waals surface area contributed by atoms with Crippen molar-refractivity contribution in [1.29, 1.82) is 5.26 Å². The molecule has 0 radical (unpaired) electrons. The van der Waals surface area contributed by atoms with E-state index in [1.54, 1.807) is 11.3 Å². The van der Waals surface area contributed by atoms with E-state index in [2.05, 4.69) is 78.6 Å². The van der Waals surface area contributed by atoms with E-state index in [-0.39, 0.29) is 6.71 Å². The van der Waals surface area contributed by atoms with Crippen LogP contribution in [0.15, 0.2) is 42.2 Å². The lowest BCUT2D eigenvalue weighted by Crippen LogP contribution is -2.41. The summed E-state index contributed by atoms with van der Waals surface area (Å²) in [5.74, 6) is 3.42. The Bertz CT molecular complexity index is 1360. The van der Waals surface area contributed by atoms with Gasteiger partial charge in [-0.15, -0.1) is 21.5 Å². The zero-order valence-electron chi connectivity index (χ0n) is 18.4. The first kappa shape index (κ1) is 22.4. The Morgan fingerprint density at radius 3 is 2.56 bits per heavy atom. The maximum absolute atomic E-state index is 9.25. The van der Waals surface area contributed by atoms with Crippen molar-refractivity contribution >= 4 is 62.5 Å². The molecule has 4 aromatic rings. The summed E-state index contributed by atoms with van der Waals surface area (Å²) in [5.41, 5.74) is 7.00. The number of nitriles is 1. The molecule has 7 nitrogen and oxygen atoms in total. The quantitative estimate of drug-likeness (QED) is 0.152. The van der Waals surface area contributed by atoms with E-state index < -0.39 is 0 Å². The molecule has 2 aliphatic rings. The fraction of sp³-hybridized carbons (Fsp3) is 0.348. The Morgan fingerprint density at radius 1 is 1.09 bits per heavy atom. The zero-order valence-corrected chi connectivity index (χ0v) is 22.4. The summed E-state index contributed by atoms with van der Waals surface area (Å²) in [4.78, 5) is 7.16. The number of fused-ring (bicyclic) bond motifs is 1. The minimum atomic E-state index is 0.215. The molecule has 4 heterocycles. The summed E-state index contributed by atoms with van der Waals surface area (Å²) in [6.45, 7) is 0.215. The molecular formula is C23H22BIN7PS. The lowest BCUT2D eigenvalue weighted by atomic mass is 9.42. The van der Waals surface area contributed by atoms with Crippen LogP contribution in [0.5, 0.6) is 0 Å². The van der Waals surface area contributed by atoms with Gasteiger partial charge in [0.15, 0.2) is 5.82 Å². The highest BCUT2D eigenvalue weighted by atomic mass is 127. The van der Waals surface area contributed by atoms with Gasteiger partial charge < -0.3 is 4.90 Å². The van der Waals surface area contributed by atoms with Crippen molar-refractivity contribution in [2.45, 2.75) is 50.4 Å². The van der Waals surface area contributed by atoms with Crippen LogP contribution in [0.3, 0.4) is 0 Å². The fourth-order valence-electron chi connectivity index (χ4n) is 5.01. The van der Waals surface area contributed by atoms with Gasteiger partial charge in [-0.1, -0.05) is 24.8 Å². The van der Waals surface area contributed by atoms with Gasteiger partial charge in [0.25, 0.3) is 6.71 Å². The normalized spacial score (nSPS) is 17.0. The molecule has 3 aromatic heterocycles. The van der Waals surface area contributed by atoms with Crippen molar-refractivity contribution in [3.8, 4) is 28.4 Å². The Labute approximate surface area is 217 Å². The van der Waals surface area contributed by atoms with E-state index in [1.165, 1.54) is 12.8 Å². The molecule has 0 N–H and O–H groups in total. The third-order valence-electron chi connectivity index (χ3n) is 6.87. The molecule has 1 saturated heterocycles. The first-order chi connectivity index (χ1) is 16.7. The highest BCUT2D eigenvalue weighted by Gasteiger charge is 2.37. The van der Waals surface area contributed by atoms with Gasteiger partial charge in [0.1, 0.15) is 0 Å². The van der Waals surface area contributed by atoms with Crippen molar-refractivity contribution in [3.05, 3.63) is 42.2 Å². The molecule has 1 atom stereocenters. The molecular weight excluding hydrogens is 575 g/mol. The minimum Gasteiger partial charge on any atom is -0.349 e. The van der Waals surface area contributed by atoms with Gasteiger partial charge in [-0.2, -0.15) is 5.10 Å². The summed E-state index contributed by atoms with van der Waals surface area (Å²) in [7, 11) is 0. The lowest BCUT2D eigenvalue weighted by Gasteiger charge is -2.35. The predicted octanol–water partition coefficient (Wildman–Crippen LogP) is 6.10. The van der Waals surface area contributed by atoms with Crippen LogP contribution < -0.4 is 4.90 Å². The highest BCUT2D eigenvalue weighted by Crippen LogP contribution is 2.39. The molecule has 0 spiro atoms. The van der Waals surface area contributed by atoms with Crippen LogP contribution in [-0.4, -0.2) is 43.5 Å². The third kappa shape index (κ3) is 4.23. The van der Waals surface area contributed by atoms with Gasteiger partial charge in [-0.05, 0) is 59.9 Å². The largest absolute Gasteiger partial charge is 0.349 e. The van der Waals surface area contributed by atoms with Crippen LogP contribution in [0.25, 0.3) is 32.6 Å². The minimum absolute atomic E-state index is 0.215.